The van der Waals surface area contributed by atoms with Gasteiger partial charge in [-0.1, -0.05) is 5.16 Å². The highest BCUT2D eigenvalue weighted by molar-refractivity contribution is 5.95. The largest absolute Gasteiger partial charge is 0.466 e. The molecule has 2 heterocycles. The van der Waals surface area contributed by atoms with Crippen LogP contribution in [0.4, 0.5) is 5.88 Å². The van der Waals surface area contributed by atoms with Crippen LogP contribution in [0.2, 0.25) is 0 Å². The van der Waals surface area contributed by atoms with Gasteiger partial charge in [-0.3, -0.25) is 10.1 Å². The summed E-state index contributed by atoms with van der Waals surface area (Å²) < 4.78 is 14.9. The van der Waals surface area contributed by atoms with E-state index in [1.165, 1.54) is 0 Å². The SMILES string of the molecule is Cc1cc(NC(=O)COC(=O)c2cc(C)oc2C)on1. The highest BCUT2D eigenvalue weighted by Crippen LogP contribution is 2.14. The van der Waals surface area contributed by atoms with Gasteiger partial charge in [0, 0.05) is 6.07 Å². The van der Waals surface area contributed by atoms with E-state index in [1.807, 2.05) is 0 Å². The van der Waals surface area contributed by atoms with Gasteiger partial charge in [0.05, 0.1) is 5.69 Å². The zero-order valence-corrected chi connectivity index (χ0v) is 11.4. The number of aromatic nitrogens is 1. The van der Waals surface area contributed by atoms with Gasteiger partial charge < -0.3 is 13.7 Å². The fourth-order valence-corrected chi connectivity index (χ4v) is 1.64. The van der Waals surface area contributed by atoms with Gasteiger partial charge >= 0.3 is 5.97 Å². The van der Waals surface area contributed by atoms with Crippen molar-refractivity contribution < 1.29 is 23.3 Å². The van der Waals surface area contributed by atoms with Crippen molar-refractivity contribution in [2.45, 2.75) is 20.8 Å². The molecule has 0 atom stereocenters. The summed E-state index contributed by atoms with van der Waals surface area (Å²) in [6, 6.07) is 3.12. The number of ether oxygens (including phenoxy) is 1. The predicted molar refractivity (Wildman–Crippen MR) is 68.3 cm³/mol. The molecule has 7 heteroatoms. The van der Waals surface area contributed by atoms with Crippen molar-refractivity contribution in [2.75, 3.05) is 11.9 Å². The van der Waals surface area contributed by atoms with Gasteiger partial charge in [-0.05, 0) is 26.8 Å². The zero-order valence-electron chi connectivity index (χ0n) is 11.4. The Bertz CT molecular complexity index is 641. The van der Waals surface area contributed by atoms with E-state index in [2.05, 4.69) is 10.5 Å². The molecule has 2 aromatic rings. The van der Waals surface area contributed by atoms with Crippen molar-refractivity contribution in [1.29, 1.82) is 0 Å². The van der Waals surface area contributed by atoms with Gasteiger partial charge in [-0.25, -0.2) is 4.79 Å². The molecule has 1 amide bonds. The van der Waals surface area contributed by atoms with E-state index in [0.717, 1.165) is 0 Å². The first kappa shape index (κ1) is 13.9. The maximum absolute atomic E-state index is 11.7. The van der Waals surface area contributed by atoms with Crippen LogP contribution in [0.15, 0.2) is 21.1 Å². The third kappa shape index (κ3) is 3.25. The van der Waals surface area contributed by atoms with E-state index in [1.54, 1.807) is 32.9 Å². The molecule has 2 aromatic heterocycles. The van der Waals surface area contributed by atoms with Crippen molar-refractivity contribution >= 4 is 17.8 Å². The standard InChI is InChI=1S/C13H14N2O5/c1-7-4-12(20-15-7)14-11(16)6-18-13(17)10-5-8(2)19-9(10)3/h4-5H,6H2,1-3H3,(H,14,16). The van der Waals surface area contributed by atoms with Crippen molar-refractivity contribution in [3.05, 3.63) is 34.9 Å². The molecule has 0 bridgehead atoms. The van der Waals surface area contributed by atoms with Crippen LogP contribution in [0.1, 0.15) is 27.6 Å². The third-order valence-electron chi connectivity index (χ3n) is 2.49. The van der Waals surface area contributed by atoms with E-state index < -0.39 is 18.5 Å². The molecule has 0 aliphatic rings. The molecule has 0 unspecified atom stereocenters. The number of amides is 1. The summed E-state index contributed by atoms with van der Waals surface area (Å²) in [6.07, 6.45) is 0. The number of nitrogens with one attached hydrogen (secondary N) is 1. The average Bonchev–Trinajstić information content (AvgIpc) is 2.92. The van der Waals surface area contributed by atoms with Crippen LogP contribution in [-0.2, 0) is 9.53 Å². The fourth-order valence-electron chi connectivity index (χ4n) is 1.64. The number of anilines is 1. The summed E-state index contributed by atoms with van der Waals surface area (Å²) in [5.74, 6) is 0.157. The van der Waals surface area contributed by atoms with Gasteiger partial charge in [-0.15, -0.1) is 0 Å². The minimum atomic E-state index is -0.608. The van der Waals surface area contributed by atoms with E-state index >= 15 is 0 Å². The molecule has 0 aliphatic carbocycles. The molecule has 0 saturated heterocycles. The van der Waals surface area contributed by atoms with Crippen LogP contribution in [0.5, 0.6) is 0 Å². The zero-order chi connectivity index (χ0) is 14.7. The molecule has 0 radical (unpaired) electrons. The first-order valence-corrected chi connectivity index (χ1v) is 5.93. The predicted octanol–water partition coefficient (Wildman–Crippen LogP) is 1.99. The molecule has 1 N–H and O–H groups in total. The number of hydrogen-bond donors (Lipinski definition) is 1. The van der Waals surface area contributed by atoms with E-state index in [-0.39, 0.29) is 5.88 Å². The quantitative estimate of drug-likeness (QED) is 0.859. The molecule has 0 fully saturated rings. The summed E-state index contributed by atoms with van der Waals surface area (Å²) in [5, 5.41) is 6.04. The monoisotopic (exact) mass is 278 g/mol. The molecular weight excluding hydrogens is 264 g/mol. The van der Waals surface area contributed by atoms with Crippen LogP contribution in [0, 0.1) is 20.8 Å². The first-order valence-electron chi connectivity index (χ1n) is 5.93. The number of nitrogens with zero attached hydrogens (tertiary/aromatic N) is 1. The average molecular weight is 278 g/mol. The Morgan fingerprint density at radius 2 is 2.05 bits per heavy atom. The van der Waals surface area contributed by atoms with Gasteiger partial charge in [0.15, 0.2) is 6.61 Å². The van der Waals surface area contributed by atoms with Crippen molar-refractivity contribution in [3.8, 4) is 0 Å². The lowest BCUT2D eigenvalue weighted by Crippen LogP contribution is -2.20. The lowest BCUT2D eigenvalue weighted by Gasteiger charge is -2.03. The first-order chi connectivity index (χ1) is 9.45. The molecule has 0 saturated carbocycles. The summed E-state index contributed by atoms with van der Waals surface area (Å²) >= 11 is 0. The Labute approximate surface area is 114 Å². The Hall–Kier alpha value is -2.57. The number of carbonyl (C=O) groups is 2. The van der Waals surface area contributed by atoms with Gasteiger partial charge in [0.25, 0.3) is 5.91 Å². The van der Waals surface area contributed by atoms with E-state index in [0.29, 0.717) is 22.8 Å². The number of rotatable bonds is 4. The Kier molecular flexibility index (Phi) is 3.88. The smallest absolute Gasteiger partial charge is 0.342 e. The molecule has 0 spiro atoms. The molecular formula is C13H14N2O5. The fraction of sp³-hybridized carbons (Fsp3) is 0.308. The minimum absolute atomic E-state index is 0.207. The highest BCUT2D eigenvalue weighted by Gasteiger charge is 2.16. The second-order valence-corrected chi connectivity index (χ2v) is 4.28. The second kappa shape index (κ2) is 5.60. The second-order valence-electron chi connectivity index (χ2n) is 4.28. The summed E-state index contributed by atoms with van der Waals surface area (Å²) in [7, 11) is 0. The lowest BCUT2D eigenvalue weighted by molar-refractivity contribution is -0.119. The molecule has 0 aromatic carbocycles. The molecule has 0 aliphatic heterocycles. The van der Waals surface area contributed by atoms with Crippen molar-refractivity contribution in [3.63, 3.8) is 0 Å². The van der Waals surface area contributed by atoms with Crippen LogP contribution in [-0.4, -0.2) is 23.6 Å². The molecule has 7 nitrogen and oxygen atoms in total. The van der Waals surface area contributed by atoms with Crippen LogP contribution in [0.25, 0.3) is 0 Å². The van der Waals surface area contributed by atoms with Crippen LogP contribution >= 0.6 is 0 Å². The van der Waals surface area contributed by atoms with E-state index in [4.69, 9.17) is 13.7 Å². The van der Waals surface area contributed by atoms with Crippen molar-refractivity contribution in [1.82, 2.24) is 5.16 Å². The van der Waals surface area contributed by atoms with Crippen LogP contribution in [0.3, 0.4) is 0 Å². The number of aryl methyl sites for hydroxylation is 3. The summed E-state index contributed by atoms with van der Waals surface area (Å²) in [4.78, 5) is 23.3. The van der Waals surface area contributed by atoms with Gasteiger partial charge in [-0.2, -0.15) is 0 Å². The Balaban J connectivity index is 1.87. The minimum Gasteiger partial charge on any atom is -0.466 e. The maximum Gasteiger partial charge on any atom is 0.342 e. The van der Waals surface area contributed by atoms with E-state index in [9.17, 15) is 9.59 Å². The van der Waals surface area contributed by atoms with Crippen molar-refractivity contribution in [2.24, 2.45) is 0 Å². The van der Waals surface area contributed by atoms with Gasteiger partial charge in [0.1, 0.15) is 17.1 Å². The number of hydrogen-bond acceptors (Lipinski definition) is 6. The van der Waals surface area contributed by atoms with Crippen LogP contribution < -0.4 is 5.32 Å². The molecule has 2 rings (SSSR count). The number of carbonyl (C=O) groups excluding carboxylic acids is 2. The topological polar surface area (TPSA) is 94.6 Å². The lowest BCUT2D eigenvalue weighted by atomic mass is 10.2. The Morgan fingerprint density at radius 1 is 1.30 bits per heavy atom. The van der Waals surface area contributed by atoms with Gasteiger partial charge in [0.2, 0.25) is 5.88 Å². The molecule has 106 valence electrons. The summed E-state index contributed by atoms with van der Waals surface area (Å²) in [6.45, 7) is 4.69. The third-order valence-corrected chi connectivity index (χ3v) is 2.49. The number of esters is 1. The highest BCUT2D eigenvalue weighted by atomic mass is 16.5. The number of furan rings is 1. The summed E-state index contributed by atoms with van der Waals surface area (Å²) in [5.41, 5.74) is 0.951. The Morgan fingerprint density at radius 3 is 2.60 bits per heavy atom. The normalized spacial score (nSPS) is 10.3. The maximum atomic E-state index is 11.7. The molecule has 20 heavy (non-hydrogen) atoms.